The molecule has 0 spiro atoms. The Morgan fingerprint density at radius 3 is 3.06 bits per heavy atom. The van der Waals surface area contributed by atoms with Gasteiger partial charge in [-0.05, 0) is 43.1 Å². The summed E-state index contributed by atoms with van der Waals surface area (Å²) in [6.07, 6.45) is 2.63. The van der Waals surface area contributed by atoms with E-state index in [-0.39, 0.29) is 17.7 Å². The molecule has 0 saturated carbocycles. The van der Waals surface area contributed by atoms with Crippen LogP contribution in [0.1, 0.15) is 6.42 Å². The van der Waals surface area contributed by atoms with E-state index in [0.717, 1.165) is 19.5 Å². The molecule has 0 radical (unpaired) electrons. The van der Waals surface area contributed by atoms with E-state index in [1.807, 2.05) is 0 Å². The van der Waals surface area contributed by atoms with Crippen molar-refractivity contribution in [1.82, 2.24) is 15.3 Å². The zero-order chi connectivity index (χ0) is 10.7. The summed E-state index contributed by atoms with van der Waals surface area (Å²) in [6, 6.07) is 1.66. The Labute approximate surface area is 108 Å². The molecule has 0 bridgehead atoms. The minimum atomic E-state index is -1.06. The quantitative estimate of drug-likeness (QED) is 0.670. The minimum Gasteiger partial charge on any atom is -0.316 e. The highest BCUT2D eigenvalue weighted by Gasteiger charge is 2.18. The van der Waals surface area contributed by atoms with Gasteiger partial charge in [-0.2, -0.15) is 0 Å². The van der Waals surface area contributed by atoms with Gasteiger partial charge < -0.3 is 5.32 Å². The molecule has 1 aliphatic heterocycles. The summed E-state index contributed by atoms with van der Waals surface area (Å²) in [5.41, 5.74) is 0. The normalized spacial score (nSPS) is 21.4. The van der Waals surface area contributed by atoms with Crippen molar-refractivity contribution >= 4 is 34.8 Å². The first-order valence-corrected chi connectivity index (χ1v) is 6.53. The Morgan fingerprint density at radius 1 is 1.62 bits per heavy atom. The average molecular weight is 282 g/mol. The van der Waals surface area contributed by atoms with Crippen molar-refractivity contribution in [3.63, 3.8) is 0 Å². The molecule has 90 valence electrons. The Hall–Kier alpha value is -0.230. The van der Waals surface area contributed by atoms with Crippen molar-refractivity contribution in [3.05, 3.63) is 17.5 Å². The lowest BCUT2D eigenvalue weighted by Crippen LogP contribution is -2.15. The maximum absolute atomic E-state index is 11.9. The van der Waals surface area contributed by atoms with Gasteiger partial charge in [0, 0.05) is 11.9 Å². The highest BCUT2D eigenvalue weighted by atomic mass is 35.5. The summed E-state index contributed by atoms with van der Waals surface area (Å²) in [4.78, 5) is 7.71. The second-order valence-corrected chi connectivity index (χ2v) is 5.32. The Morgan fingerprint density at radius 2 is 2.44 bits per heavy atom. The second kappa shape index (κ2) is 6.49. The molecule has 1 N–H and O–H groups in total. The fraction of sp³-hybridized carbons (Fsp3) is 0.556. The van der Waals surface area contributed by atoms with Crippen LogP contribution in [0.2, 0.25) is 5.28 Å². The zero-order valence-electron chi connectivity index (χ0n) is 8.56. The van der Waals surface area contributed by atoms with E-state index in [0.29, 0.717) is 16.7 Å². The lowest BCUT2D eigenvalue weighted by molar-refractivity contribution is 0.630. The number of hydrogen-bond acceptors (Lipinski definition) is 4. The monoisotopic (exact) mass is 281 g/mol. The van der Waals surface area contributed by atoms with E-state index < -0.39 is 10.8 Å². The van der Waals surface area contributed by atoms with Gasteiger partial charge in [0.15, 0.2) is 0 Å². The largest absolute Gasteiger partial charge is 0.316 e. The fourth-order valence-corrected chi connectivity index (χ4v) is 3.08. The predicted octanol–water partition coefficient (Wildman–Crippen LogP) is 1.27. The summed E-state index contributed by atoms with van der Waals surface area (Å²) in [5.74, 6) is 1.14. The molecule has 1 aromatic rings. The van der Waals surface area contributed by atoms with Gasteiger partial charge >= 0.3 is 0 Å². The van der Waals surface area contributed by atoms with Gasteiger partial charge in [0.2, 0.25) is 5.28 Å². The van der Waals surface area contributed by atoms with Crippen LogP contribution in [0.15, 0.2) is 17.3 Å². The van der Waals surface area contributed by atoms with E-state index in [9.17, 15) is 4.21 Å². The van der Waals surface area contributed by atoms with Crippen LogP contribution < -0.4 is 5.32 Å². The molecule has 16 heavy (non-hydrogen) atoms. The molecule has 4 nitrogen and oxygen atoms in total. The van der Waals surface area contributed by atoms with Crippen molar-refractivity contribution in [2.24, 2.45) is 5.92 Å². The van der Waals surface area contributed by atoms with Crippen molar-refractivity contribution in [3.8, 4) is 0 Å². The maximum Gasteiger partial charge on any atom is 0.223 e. The van der Waals surface area contributed by atoms with Crippen LogP contribution in [0.4, 0.5) is 0 Å². The number of halogens is 2. The molecular formula is C9H13Cl2N3OS. The van der Waals surface area contributed by atoms with E-state index >= 15 is 0 Å². The standard InChI is InChI=1S/C9H12ClN3OS.ClH/c10-9-12-4-2-8(13-9)15(14)6-7-1-3-11-5-7;/h2,4,7,11H,1,3,5-6H2;1H. The third-order valence-corrected chi connectivity index (χ3v) is 4.03. The summed E-state index contributed by atoms with van der Waals surface area (Å²) in [5, 5.41) is 3.93. The smallest absolute Gasteiger partial charge is 0.223 e. The van der Waals surface area contributed by atoms with Crippen molar-refractivity contribution in [1.29, 1.82) is 0 Å². The molecule has 0 amide bonds. The van der Waals surface area contributed by atoms with Gasteiger partial charge in [-0.15, -0.1) is 12.4 Å². The molecule has 2 unspecified atom stereocenters. The van der Waals surface area contributed by atoms with Gasteiger partial charge in [0.25, 0.3) is 0 Å². The third kappa shape index (κ3) is 3.66. The van der Waals surface area contributed by atoms with Gasteiger partial charge in [-0.1, -0.05) is 0 Å². The Bertz CT molecular complexity index is 372. The van der Waals surface area contributed by atoms with E-state index in [4.69, 9.17) is 11.6 Å². The van der Waals surface area contributed by atoms with Crippen molar-refractivity contribution < 1.29 is 4.21 Å². The minimum absolute atomic E-state index is 0. The van der Waals surface area contributed by atoms with Gasteiger partial charge in [-0.3, -0.25) is 4.21 Å². The Balaban J connectivity index is 0.00000128. The molecule has 1 fully saturated rings. The van der Waals surface area contributed by atoms with Crippen LogP contribution in [0, 0.1) is 5.92 Å². The summed E-state index contributed by atoms with van der Waals surface area (Å²) in [6.45, 7) is 1.97. The van der Waals surface area contributed by atoms with Gasteiger partial charge in [0.1, 0.15) is 5.03 Å². The van der Waals surface area contributed by atoms with Crippen molar-refractivity contribution in [2.75, 3.05) is 18.8 Å². The van der Waals surface area contributed by atoms with Crippen LogP contribution in [-0.4, -0.2) is 33.0 Å². The maximum atomic E-state index is 11.9. The number of hydrogen-bond donors (Lipinski definition) is 1. The topological polar surface area (TPSA) is 54.9 Å². The van der Waals surface area contributed by atoms with E-state index in [2.05, 4.69) is 15.3 Å². The van der Waals surface area contributed by atoms with Crippen LogP contribution >= 0.6 is 24.0 Å². The number of nitrogens with one attached hydrogen (secondary N) is 1. The lowest BCUT2D eigenvalue weighted by atomic mass is 10.2. The third-order valence-electron chi connectivity index (χ3n) is 2.38. The SMILES string of the molecule is Cl.O=S(CC1CCNC1)c1ccnc(Cl)n1. The lowest BCUT2D eigenvalue weighted by Gasteiger charge is -2.06. The van der Waals surface area contributed by atoms with Crippen LogP contribution in [0.3, 0.4) is 0 Å². The molecule has 0 aromatic carbocycles. The first kappa shape index (κ1) is 13.8. The second-order valence-electron chi connectivity index (χ2n) is 3.53. The molecule has 0 aliphatic carbocycles. The van der Waals surface area contributed by atoms with E-state index in [1.165, 1.54) is 6.20 Å². The molecular weight excluding hydrogens is 269 g/mol. The molecule has 2 heterocycles. The predicted molar refractivity (Wildman–Crippen MR) is 66.5 cm³/mol. The first-order chi connectivity index (χ1) is 7.25. The summed E-state index contributed by atoms with van der Waals surface area (Å²) in [7, 11) is -1.06. The van der Waals surface area contributed by atoms with Gasteiger partial charge in [0.05, 0.1) is 10.8 Å². The van der Waals surface area contributed by atoms with Crippen LogP contribution in [0.25, 0.3) is 0 Å². The first-order valence-electron chi connectivity index (χ1n) is 4.83. The van der Waals surface area contributed by atoms with Crippen molar-refractivity contribution in [2.45, 2.75) is 11.4 Å². The number of nitrogens with zero attached hydrogens (tertiary/aromatic N) is 2. The molecule has 7 heteroatoms. The number of aromatic nitrogens is 2. The fourth-order valence-electron chi connectivity index (χ4n) is 1.60. The van der Waals surface area contributed by atoms with Crippen LogP contribution in [0.5, 0.6) is 0 Å². The molecule has 1 saturated heterocycles. The molecule has 1 aliphatic rings. The summed E-state index contributed by atoms with van der Waals surface area (Å²) < 4.78 is 11.9. The zero-order valence-corrected chi connectivity index (χ0v) is 10.9. The highest BCUT2D eigenvalue weighted by Crippen LogP contribution is 2.13. The van der Waals surface area contributed by atoms with E-state index in [1.54, 1.807) is 6.07 Å². The average Bonchev–Trinajstić information content (AvgIpc) is 2.70. The molecule has 2 rings (SSSR count). The Kier molecular flexibility index (Phi) is 5.61. The molecule has 1 aromatic heterocycles. The summed E-state index contributed by atoms with van der Waals surface area (Å²) >= 11 is 5.64. The van der Waals surface area contributed by atoms with Gasteiger partial charge in [-0.25, -0.2) is 9.97 Å². The molecule has 2 atom stereocenters. The number of rotatable bonds is 3. The van der Waals surface area contributed by atoms with Crippen LogP contribution in [-0.2, 0) is 10.8 Å². The highest BCUT2D eigenvalue weighted by molar-refractivity contribution is 7.84.